The van der Waals surface area contributed by atoms with Crippen molar-refractivity contribution in [3.63, 3.8) is 0 Å². The van der Waals surface area contributed by atoms with Crippen molar-refractivity contribution < 1.29 is 27.9 Å². The van der Waals surface area contributed by atoms with E-state index in [0.717, 1.165) is 0 Å². The van der Waals surface area contributed by atoms with Gasteiger partial charge in [0, 0.05) is 23.6 Å². The van der Waals surface area contributed by atoms with Crippen molar-refractivity contribution in [1.82, 2.24) is 4.98 Å². The van der Waals surface area contributed by atoms with Gasteiger partial charge in [-0.3, -0.25) is 19.5 Å². The Morgan fingerprint density at radius 3 is 2.47 bits per heavy atom. The first-order chi connectivity index (χ1) is 16.2. The smallest absolute Gasteiger partial charge is 0.300 e. The van der Waals surface area contributed by atoms with E-state index in [1.165, 1.54) is 35.4 Å². The number of Topliss-reactive ketones (excluding diaryl/α,β-unsaturated/α-hetero) is 1. The minimum Gasteiger partial charge on any atom is -0.507 e. The predicted molar refractivity (Wildman–Crippen MR) is 124 cm³/mol. The number of primary sulfonamides is 1. The summed E-state index contributed by atoms with van der Waals surface area (Å²) >= 11 is 0. The molecule has 9 nitrogen and oxygen atoms in total. The van der Waals surface area contributed by atoms with Crippen molar-refractivity contribution in [2.45, 2.75) is 17.9 Å². The summed E-state index contributed by atoms with van der Waals surface area (Å²) in [6, 6.07) is 14.1. The van der Waals surface area contributed by atoms with Crippen LogP contribution in [-0.4, -0.2) is 36.8 Å². The lowest BCUT2D eigenvalue weighted by atomic mass is 9.96. The first-order valence-corrected chi connectivity index (χ1v) is 11.8. The van der Waals surface area contributed by atoms with Crippen LogP contribution in [0.15, 0.2) is 83.5 Å². The molecule has 2 aromatic carbocycles. The van der Waals surface area contributed by atoms with Crippen molar-refractivity contribution in [3.8, 4) is 5.75 Å². The second kappa shape index (κ2) is 9.08. The van der Waals surface area contributed by atoms with E-state index in [0.29, 0.717) is 23.5 Å². The quantitative estimate of drug-likeness (QED) is 0.315. The molecule has 1 aromatic heterocycles. The van der Waals surface area contributed by atoms with Gasteiger partial charge in [-0.05, 0) is 55.0 Å². The predicted octanol–water partition coefficient (Wildman–Crippen LogP) is 2.75. The first-order valence-electron chi connectivity index (χ1n) is 10.3. The number of pyridine rings is 1. The maximum Gasteiger partial charge on any atom is 0.300 e. The molecule has 10 heteroatoms. The van der Waals surface area contributed by atoms with Gasteiger partial charge in [-0.25, -0.2) is 13.6 Å². The van der Waals surface area contributed by atoms with Crippen LogP contribution in [0.25, 0.3) is 5.76 Å². The van der Waals surface area contributed by atoms with Gasteiger partial charge in [0.1, 0.15) is 11.5 Å². The van der Waals surface area contributed by atoms with Gasteiger partial charge in [0.25, 0.3) is 11.7 Å². The Morgan fingerprint density at radius 2 is 1.85 bits per heavy atom. The van der Waals surface area contributed by atoms with Crippen molar-refractivity contribution in [1.29, 1.82) is 0 Å². The Labute approximate surface area is 196 Å². The maximum atomic E-state index is 13.1. The average molecular weight is 480 g/mol. The molecule has 34 heavy (non-hydrogen) atoms. The standard InChI is InChI=1S/C24H21N3O6S/c1-2-33-18-7-3-5-15(13-18)22(28)20-21(16-6-4-12-26-14-16)27(24(30)23(20)29)17-8-10-19(11-9-17)34(25,31)32/h3-14,21,28H,2H2,1H3,(H2,25,31,32)/b22-20+. The number of nitrogens with two attached hydrogens (primary N) is 1. The molecular weight excluding hydrogens is 458 g/mol. The Kier molecular flexibility index (Phi) is 6.18. The van der Waals surface area contributed by atoms with Gasteiger partial charge in [0.15, 0.2) is 0 Å². The van der Waals surface area contributed by atoms with Crippen molar-refractivity contribution in [2.75, 3.05) is 11.5 Å². The van der Waals surface area contributed by atoms with Crippen LogP contribution in [0.4, 0.5) is 5.69 Å². The number of carbonyl (C=O) groups is 2. The van der Waals surface area contributed by atoms with Crippen molar-refractivity contribution in [3.05, 3.63) is 89.8 Å². The number of hydrogen-bond donors (Lipinski definition) is 2. The Bertz CT molecular complexity index is 1390. The zero-order valence-corrected chi connectivity index (χ0v) is 18.9. The fourth-order valence-corrected chi connectivity index (χ4v) is 4.32. The number of aromatic nitrogens is 1. The van der Waals surface area contributed by atoms with Crippen LogP contribution in [0.1, 0.15) is 24.1 Å². The number of anilines is 1. The molecule has 1 aliphatic heterocycles. The molecule has 1 atom stereocenters. The number of benzene rings is 2. The molecular formula is C24H21N3O6S. The van der Waals surface area contributed by atoms with E-state index in [2.05, 4.69) is 4.98 Å². The molecule has 1 unspecified atom stereocenters. The number of hydrogen-bond acceptors (Lipinski definition) is 7. The lowest BCUT2D eigenvalue weighted by Crippen LogP contribution is -2.29. The monoisotopic (exact) mass is 479 g/mol. The fraction of sp³-hybridized carbons (Fsp3) is 0.125. The summed E-state index contributed by atoms with van der Waals surface area (Å²) in [5.41, 5.74) is 0.926. The van der Waals surface area contributed by atoms with Gasteiger partial charge >= 0.3 is 0 Å². The molecule has 174 valence electrons. The van der Waals surface area contributed by atoms with E-state index in [9.17, 15) is 23.1 Å². The van der Waals surface area contributed by atoms with E-state index in [1.807, 2.05) is 6.92 Å². The molecule has 0 bridgehead atoms. The molecule has 3 aromatic rings. The van der Waals surface area contributed by atoms with Crippen LogP contribution in [-0.2, 0) is 19.6 Å². The largest absolute Gasteiger partial charge is 0.507 e. The molecule has 1 aliphatic rings. The number of carbonyl (C=O) groups excluding carboxylic acids is 2. The molecule has 1 saturated heterocycles. The summed E-state index contributed by atoms with van der Waals surface area (Å²) in [5.74, 6) is -1.63. The van der Waals surface area contributed by atoms with Gasteiger partial charge in [-0.1, -0.05) is 18.2 Å². The van der Waals surface area contributed by atoms with E-state index >= 15 is 0 Å². The van der Waals surface area contributed by atoms with Crippen LogP contribution in [0, 0.1) is 0 Å². The van der Waals surface area contributed by atoms with Crippen LogP contribution in [0.5, 0.6) is 5.75 Å². The molecule has 1 fully saturated rings. The van der Waals surface area contributed by atoms with E-state index in [4.69, 9.17) is 9.88 Å². The van der Waals surface area contributed by atoms with Crippen LogP contribution >= 0.6 is 0 Å². The van der Waals surface area contributed by atoms with Crippen molar-refractivity contribution in [2.24, 2.45) is 5.14 Å². The lowest BCUT2D eigenvalue weighted by molar-refractivity contribution is -0.132. The highest BCUT2D eigenvalue weighted by Crippen LogP contribution is 2.42. The third-order valence-electron chi connectivity index (χ3n) is 5.31. The Morgan fingerprint density at radius 1 is 1.12 bits per heavy atom. The molecule has 4 rings (SSSR count). The average Bonchev–Trinajstić information content (AvgIpc) is 3.09. The second-order valence-electron chi connectivity index (χ2n) is 7.46. The molecule has 0 saturated carbocycles. The number of ketones is 1. The number of sulfonamides is 1. The lowest BCUT2D eigenvalue weighted by Gasteiger charge is -2.25. The number of rotatable bonds is 6. The summed E-state index contributed by atoms with van der Waals surface area (Å²) in [4.78, 5) is 31.4. The number of ether oxygens (including phenoxy) is 1. The third-order valence-corrected chi connectivity index (χ3v) is 6.24. The molecule has 3 N–H and O–H groups in total. The summed E-state index contributed by atoms with van der Waals surface area (Å²) in [5, 5.41) is 16.3. The zero-order valence-electron chi connectivity index (χ0n) is 18.1. The molecule has 0 radical (unpaired) electrons. The van der Waals surface area contributed by atoms with Gasteiger partial charge < -0.3 is 9.84 Å². The minimum atomic E-state index is -3.94. The summed E-state index contributed by atoms with van der Waals surface area (Å²) in [6.45, 7) is 2.24. The maximum absolute atomic E-state index is 13.1. The molecule has 0 spiro atoms. The highest BCUT2D eigenvalue weighted by atomic mass is 32.2. The fourth-order valence-electron chi connectivity index (χ4n) is 3.80. The zero-order chi connectivity index (χ0) is 24.5. The highest BCUT2D eigenvalue weighted by Gasteiger charge is 2.47. The Hall–Kier alpha value is -4.02. The number of aliphatic hydroxyl groups is 1. The highest BCUT2D eigenvalue weighted by molar-refractivity contribution is 7.89. The number of amides is 1. The van der Waals surface area contributed by atoms with Gasteiger partial charge in [0.05, 0.1) is 23.1 Å². The molecule has 2 heterocycles. The Balaban J connectivity index is 1.89. The first kappa shape index (κ1) is 23.1. The SMILES string of the molecule is CCOc1cccc(/C(O)=C2\C(=O)C(=O)N(c3ccc(S(N)(=O)=O)cc3)C2c2cccnc2)c1. The second-order valence-corrected chi connectivity index (χ2v) is 9.02. The topological polar surface area (TPSA) is 140 Å². The van der Waals surface area contributed by atoms with Gasteiger partial charge in [0.2, 0.25) is 10.0 Å². The molecule has 0 aliphatic carbocycles. The van der Waals surface area contributed by atoms with Crippen LogP contribution < -0.4 is 14.8 Å². The van der Waals surface area contributed by atoms with Crippen molar-refractivity contribution >= 4 is 33.2 Å². The normalized spacial score (nSPS) is 17.7. The van der Waals surface area contributed by atoms with E-state index in [-0.39, 0.29) is 21.9 Å². The van der Waals surface area contributed by atoms with Gasteiger partial charge in [-0.15, -0.1) is 0 Å². The molecule has 1 amide bonds. The number of nitrogens with zero attached hydrogens (tertiary/aromatic N) is 2. The summed E-state index contributed by atoms with van der Waals surface area (Å²) in [7, 11) is -3.94. The number of aliphatic hydroxyl groups excluding tert-OH is 1. The van der Waals surface area contributed by atoms with Crippen LogP contribution in [0.3, 0.4) is 0 Å². The van der Waals surface area contributed by atoms with Crippen LogP contribution in [0.2, 0.25) is 0 Å². The summed E-state index contributed by atoms with van der Waals surface area (Å²) in [6.07, 6.45) is 3.04. The third kappa shape index (κ3) is 4.28. The van der Waals surface area contributed by atoms with Gasteiger partial charge in [-0.2, -0.15) is 0 Å². The summed E-state index contributed by atoms with van der Waals surface area (Å²) < 4.78 is 28.7. The van der Waals surface area contributed by atoms with E-state index in [1.54, 1.807) is 42.6 Å². The van der Waals surface area contributed by atoms with E-state index < -0.39 is 27.8 Å². The minimum absolute atomic E-state index is 0.123.